The highest BCUT2D eigenvalue weighted by Gasteiger charge is 2.41. The summed E-state index contributed by atoms with van der Waals surface area (Å²) in [7, 11) is 1.96. The molecule has 1 saturated carbocycles. The van der Waals surface area contributed by atoms with Crippen LogP contribution in [0.5, 0.6) is 0 Å². The van der Waals surface area contributed by atoms with Crippen LogP contribution in [0.15, 0.2) is 36.0 Å². The van der Waals surface area contributed by atoms with Crippen LogP contribution in [0.1, 0.15) is 32.8 Å². The van der Waals surface area contributed by atoms with Crippen LogP contribution in [0.25, 0.3) is 0 Å². The number of likely N-dealkylation sites (N-methyl/N-ethyl adjacent to an activating group) is 1. The topological polar surface area (TPSA) is 46.6 Å². The average molecular weight is 313 g/mol. The minimum Gasteiger partial charge on any atom is -0.457 e. The number of allylic oxidation sites excluding steroid dienone is 1. The van der Waals surface area contributed by atoms with Crippen molar-refractivity contribution in [2.24, 2.45) is 11.8 Å². The molecule has 122 valence electrons. The number of anilines is 1. The van der Waals surface area contributed by atoms with Gasteiger partial charge in [-0.15, -0.1) is 0 Å². The van der Waals surface area contributed by atoms with Gasteiger partial charge in [-0.3, -0.25) is 9.59 Å². The van der Waals surface area contributed by atoms with E-state index in [2.05, 4.69) is 26.0 Å². The number of carbonyl (C=O) groups is 2. The number of benzene rings is 1. The molecule has 4 heteroatoms. The van der Waals surface area contributed by atoms with Crippen LogP contribution in [-0.2, 0) is 19.7 Å². The molecule has 0 bridgehead atoms. The van der Waals surface area contributed by atoms with E-state index in [1.807, 2.05) is 31.0 Å². The Labute approximate surface area is 137 Å². The van der Waals surface area contributed by atoms with Crippen LogP contribution in [0.3, 0.4) is 0 Å². The first-order chi connectivity index (χ1) is 10.8. The molecule has 2 atom stereocenters. The maximum atomic E-state index is 12.2. The van der Waals surface area contributed by atoms with Gasteiger partial charge in [0.2, 0.25) is 0 Å². The van der Waals surface area contributed by atoms with Crippen molar-refractivity contribution >= 4 is 17.4 Å². The first-order valence-electron chi connectivity index (χ1n) is 8.07. The van der Waals surface area contributed by atoms with Crippen LogP contribution in [-0.4, -0.2) is 25.4 Å². The van der Waals surface area contributed by atoms with Crippen molar-refractivity contribution in [2.75, 3.05) is 18.6 Å². The fraction of sp³-hybridized carbons (Fsp3) is 0.474. The Balaban J connectivity index is 1.72. The number of fused-ring (bicyclic) bond motifs is 1. The molecule has 0 radical (unpaired) electrons. The van der Waals surface area contributed by atoms with Crippen molar-refractivity contribution in [2.45, 2.75) is 32.6 Å². The second-order valence-electron chi connectivity index (χ2n) is 7.12. The highest BCUT2D eigenvalue weighted by atomic mass is 16.5. The summed E-state index contributed by atoms with van der Waals surface area (Å²) in [6.07, 6.45) is 2.49. The lowest BCUT2D eigenvalue weighted by molar-refractivity contribution is -0.148. The molecule has 1 aliphatic heterocycles. The van der Waals surface area contributed by atoms with Crippen molar-refractivity contribution in [1.82, 2.24) is 0 Å². The van der Waals surface area contributed by atoms with Gasteiger partial charge in [0.1, 0.15) is 0 Å². The van der Waals surface area contributed by atoms with Gasteiger partial charge in [0, 0.05) is 29.9 Å². The maximum Gasteiger partial charge on any atom is 0.309 e. The van der Waals surface area contributed by atoms with E-state index in [9.17, 15) is 9.59 Å². The van der Waals surface area contributed by atoms with Crippen LogP contribution in [0, 0.1) is 11.8 Å². The smallest absolute Gasteiger partial charge is 0.309 e. The van der Waals surface area contributed by atoms with E-state index in [4.69, 9.17) is 4.74 Å². The fourth-order valence-corrected chi connectivity index (χ4v) is 3.35. The van der Waals surface area contributed by atoms with Gasteiger partial charge in [0.05, 0.1) is 5.92 Å². The minimum absolute atomic E-state index is 0.00898. The van der Waals surface area contributed by atoms with Crippen LogP contribution in [0.4, 0.5) is 5.69 Å². The second kappa shape index (κ2) is 5.52. The number of rotatable bonds is 4. The number of hydrogen-bond donors (Lipinski definition) is 0. The standard InChI is InChI=1S/C19H23NO3/c1-12-9-14(12)18(22)23-11-13(21)10-17-19(2,3)15-7-5-6-8-16(15)20(17)4/h5-8,10,12,14H,9,11H2,1-4H3. The maximum absolute atomic E-state index is 12.2. The molecule has 2 unspecified atom stereocenters. The Kier molecular flexibility index (Phi) is 3.78. The number of ketones is 1. The van der Waals surface area contributed by atoms with Crippen molar-refractivity contribution in [1.29, 1.82) is 0 Å². The average Bonchev–Trinajstić information content (AvgIpc) is 3.22. The molecular formula is C19H23NO3. The molecule has 1 aromatic carbocycles. The minimum atomic E-state index is -0.244. The van der Waals surface area contributed by atoms with Crippen molar-refractivity contribution < 1.29 is 14.3 Å². The van der Waals surface area contributed by atoms with Gasteiger partial charge in [-0.1, -0.05) is 39.0 Å². The predicted molar refractivity (Wildman–Crippen MR) is 89.2 cm³/mol. The van der Waals surface area contributed by atoms with Gasteiger partial charge < -0.3 is 9.64 Å². The van der Waals surface area contributed by atoms with Crippen molar-refractivity contribution in [3.63, 3.8) is 0 Å². The molecule has 1 aliphatic carbocycles. The summed E-state index contributed by atoms with van der Waals surface area (Å²) in [6, 6.07) is 8.15. The number of esters is 1. The largest absolute Gasteiger partial charge is 0.457 e. The fourth-order valence-electron chi connectivity index (χ4n) is 3.35. The number of carbonyl (C=O) groups excluding carboxylic acids is 2. The molecule has 2 aliphatic rings. The Hall–Kier alpha value is -2.10. The van der Waals surface area contributed by atoms with E-state index < -0.39 is 0 Å². The Bertz CT molecular complexity index is 690. The number of nitrogens with zero attached hydrogens (tertiary/aromatic N) is 1. The van der Waals surface area contributed by atoms with Gasteiger partial charge in [0.25, 0.3) is 0 Å². The lowest BCUT2D eigenvalue weighted by Gasteiger charge is -2.23. The molecule has 0 spiro atoms. The van der Waals surface area contributed by atoms with Crippen molar-refractivity contribution in [3.05, 3.63) is 41.6 Å². The second-order valence-corrected chi connectivity index (χ2v) is 7.12. The first kappa shape index (κ1) is 15.8. The molecule has 0 aromatic heterocycles. The monoisotopic (exact) mass is 313 g/mol. The summed E-state index contributed by atoms with van der Waals surface area (Å²) in [5.74, 6) is -0.0309. The van der Waals surface area contributed by atoms with E-state index in [0.717, 1.165) is 17.8 Å². The summed E-state index contributed by atoms with van der Waals surface area (Å²) in [5, 5.41) is 0. The molecular weight excluding hydrogens is 290 g/mol. The van der Waals surface area contributed by atoms with Gasteiger partial charge in [-0.2, -0.15) is 0 Å². The summed E-state index contributed by atoms with van der Waals surface area (Å²) in [6.45, 7) is 6.05. The Morgan fingerprint density at radius 2 is 2.00 bits per heavy atom. The van der Waals surface area contributed by atoms with Gasteiger partial charge in [-0.25, -0.2) is 0 Å². The van der Waals surface area contributed by atoms with Gasteiger partial charge >= 0.3 is 5.97 Å². The lowest BCUT2D eigenvalue weighted by Crippen LogP contribution is -2.25. The van der Waals surface area contributed by atoms with E-state index in [1.54, 1.807) is 6.08 Å². The summed E-state index contributed by atoms with van der Waals surface area (Å²) in [4.78, 5) is 26.0. The highest BCUT2D eigenvalue weighted by molar-refractivity contribution is 5.94. The predicted octanol–water partition coefficient (Wildman–Crippen LogP) is 3.07. The molecule has 1 heterocycles. The van der Waals surface area contributed by atoms with Crippen LogP contribution >= 0.6 is 0 Å². The number of hydrogen-bond acceptors (Lipinski definition) is 4. The zero-order valence-electron chi connectivity index (χ0n) is 14.1. The van der Waals surface area contributed by atoms with E-state index in [0.29, 0.717) is 5.92 Å². The van der Waals surface area contributed by atoms with Gasteiger partial charge in [0.15, 0.2) is 12.4 Å². The van der Waals surface area contributed by atoms with Gasteiger partial charge in [-0.05, 0) is 24.0 Å². The molecule has 3 rings (SSSR count). The quantitative estimate of drug-likeness (QED) is 0.633. The summed E-state index contributed by atoms with van der Waals surface area (Å²) >= 11 is 0. The molecule has 0 amide bonds. The van der Waals surface area contributed by atoms with E-state index in [1.165, 1.54) is 5.56 Å². The zero-order chi connectivity index (χ0) is 16.8. The Morgan fingerprint density at radius 3 is 2.61 bits per heavy atom. The third kappa shape index (κ3) is 2.78. The van der Waals surface area contributed by atoms with Crippen LogP contribution < -0.4 is 4.90 Å². The summed E-state index contributed by atoms with van der Waals surface area (Å²) < 4.78 is 5.14. The van der Waals surface area contributed by atoms with Crippen molar-refractivity contribution in [3.8, 4) is 0 Å². The third-order valence-electron chi connectivity index (χ3n) is 5.01. The van der Waals surface area contributed by atoms with Crippen LogP contribution in [0.2, 0.25) is 0 Å². The molecule has 0 saturated heterocycles. The molecule has 0 N–H and O–H groups in total. The molecule has 1 fully saturated rings. The number of ether oxygens (including phenoxy) is 1. The first-order valence-corrected chi connectivity index (χ1v) is 8.07. The van der Waals surface area contributed by atoms with E-state index in [-0.39, 0.29) is 29.7 Å². The SMILES string of the molecule is CC1CC1C(=O)OCC(=O)C=C1N(C)c2ccccc2C1(C)C. The molecule has 23 heavy (non-hydrogen) atoms. The van der Waals surface area contributed by atoms with E-state index >= 15 is 0 Å². The third-order valence-corrected chi connectivity index (χ3v) is 5.01. The normalized spacial score (nSPS) is 26.1. The molecule has 1 aromatic rings. The molecule has 4 nitrogen and oxygen atoms in total. The lowest BCUT2D eigenvalue weighted by atomic mass is 9.83. The summed E-state index contributed by atoms with van der Waals surface area (Å²) in [5.41, 5.74) is 3.00. The Morgan fingerprint density at radius 1 is 1.35 bits per heavy atom. The zero-order valence-corrected chi connectivity index (χ0v) is 14.1. The highest BCUT2D eigenvalue weighted by Crippen LogP contribution is 2.46. The number of para-hydroxylation sites is 1.